The average Bonchev–Trinajstić information content (AvgIpc) is 2.67. The largest absolute Gasteiger partial charge is 0.402 e. The highest BCUT2D eigenvalue weighted by molar-refractivity contribution is 7.55. The summed E-state index contributed by atoms with van der Waals surface area (Å²) < 4.78 is 0. The maximum Gasteiger partial charge on any atom is 0.320 e. The molecule has 0 atom stereocenters. The number of benzene rings is 1. The van der Waals surface area contributed by atoms with Gasteiger partial charge in [0.15, 0.2) is 5.65 Å². The van der Waals surface area contributed by atoms with Crippen LogP contribution in [0.3, 0.4) is 0 Å². The number of aromatic nitrogens is 3. The lowest BCUT2D eigenvalue weighted by Gasteiger charge is -2.14. The van der Waals surface area contributed by atoms with Crippen molar-refractivity contribution in [3.05, 3.63) is 42.6 Å². The van der Waals surface area contributed by atoms with E-state index in [1.165, 1.54) is 0 Å². The molecule has 0 bridgehead atoms. The highest BCUT2D eigenvalue weighted by atomic mass is 31.1. The van der Waals surface area contributed by atoms with E-state index >= 15 is 0 Å². The van der Waals surface area contributed by atoms with Crippen molar-refractivity contribution in [1.29, 1.82) is 0 Å². The molecular weight excluding hydrogens is 358 g/mol. The predicted octanol–water partition coefficient (Wildman–Crippen LogP) is 3.59. The van der Waals surface area contributed by atoms with Crippen LogP contribution in [0.2, 0.25) is 6.82 Å². The Bertz CT molecular complexity index is 938. The lowest BCUT2D eigenvalue weighted by atomic mass is 10.0. The monoisotopic (exact) mass is 379 g/mol. The maximum absolute atomic E-state index is 12.3. The summed E-state index contributed by atoms with van der Waals surface area (Å²) >= 11 is 0. The van der Waals surface area contributed by atoms with Crippen molar-refractivity contribution in [3.63, 3.8) is 0 Å². The topological polar surface area (TPSA) is 91.8 Å². The lowest BCUT2D eigenvalue weighted by molar-refractivity contribution is 0.253. The number of amides is 2. The van der Waals surface area contributed by atoms with E-state index in [2.05, 4.69) is 44.1 Å². The zero-order valence-corrected chi connectivity index (χ0v) is 16.4. The molecule has 0 aliphatic rings. The molecule has 0 saturated heterocycles. The van der Waals surface area contributed by atoms with Crippen LogP contribution < -0.4 is 15.9 Å². The van der Waals surface area contributed by atoms with Gasteiger partial charge < -0.3 is 10.5 Å². The summed E-state index contributed by atoms with van der Waals surface area (Å²) in [6.07, 6.45) is 2.37. The highest BCUT2D eigenvalue weighted by Gasteiger charge is 2.13. The Morgan fingerprint density at radius 1 is 1.19 bits per heavy atom. The molecule has 0 unspecified atom stereocenters. The zero-order chi connectivity index (χ0) is 19.2. The SMILES string of the molecule is C[B]Nc1ncc2cc(-c3ccccc3)c(NC(=O)NCP(C)C)nc2n1. The van der Waals surface area contributed by atoms with Gasteiger partial charge >= 0.3 is 6.03 Å². The van der Waals surface area contributed by atoms with Gasteiger partial charge in [0.25, 0.3) is 0 Å². The number of carbonyl (C=O) groups is 1. The van der Waals surface area contributed by atoms with Gasteiger partial charge in [-0.25, -0.2) is 14.8 Å². The zero-order valence-electron chi connectivity index (χ0n) is 15.5. The van der Waals surface area contributed by atoms with E-state index < -0.39 is 0 Å². The van der Waals surface area contributed by atoms with Crippen LogP contribution in [0.15, 0.2) is 42.6 Å². The fourth-order valence-corrected chi connectivity index (χ4v) is 2.94. The number of nitrogens with zero attached hydrogens (tertiary/aromatic N) is 3. The molecule has 2 amide bonds. The number of anilines is 2. The van der Waals surface area contributed by atoms with E-state index in [9.17, 15) is 4.79 Å². The molecule has 3 rings (SSSR count). The van der Waals surface area contributed by atoms with Gasteiger partial charge in [0.05, 0.1) is 0 Å². The normalized spacial score (nSPS) is 10.7. The van der Waals surface area contributed by atoms with Gasteiger partial charge in [-0.05, 0) is 25.0 Å². The number of nitrogens with one attached hydrogen (secondary N) is 3. The summed E-state index contributed by atoms with van der Waals surface area (Å²) in [5.74, 6) is 0.927. The Balaban J connectivity index is 2.02. The second-order valence-corrected chi connectivity index (χ2v) is 8.63. The third-order valence-corrected chi connectivity index (χ3v) is 4.51. The first-order valence-electron chi connectivity index (χ1n) is 8.54. The van der Waals surface area contributed by atoms with Crippen LogP contribution >= 0.6 is 7.92 Å². The van der Waals surface area contributed by atoms with Gasteiger partial charge in [0.2, 0.25) is 13.4 Å². The predicted molar refractivity (Wildman–Crippen MR) is 114 cm³/mol. The molecule has 0 aliphatic heterocycles. The molecule has 0 saturated carbocycles. The van der Waals surface area contributed by atoms with Gasteiger partial charge in [-0.1, -0.05) is 45.1 Å². The van der Waals surface area contributed by atoms with Gasteiger partial charge in [0.1, 0.15) is 5.82 Å². The summed E-state index contributed by atoms with van der Waals surface area (Å²) in [4.78, 5) is 25.6. The van der Waals surface area contributed by atoms with Crippen molar-refractivity contribution in [2.45, 2.75) is 6.82 Å². The molecule has 7 nitrogen and oxygen atoms in total. The lowest BCUT2D eigenvalue weighted by Crippen LogP contribution is -2.29. The Labute approximate surface area is 160 Å². The second-order valence-electron chi connectivity index (χ2n) is 6.16. The minimum Gasteiger partial charge on any atom is -0.402 e. The fourth-order valence-electron chi connectivity index (χ4n) is 2.48. The van der Waals surface area contributed by atoms with Gasteiger partial charge in [-0.15, -0.1) is 0 Å². The van der Waals surface area contributed by atoms with Crippen LogP contribution in [-0.2, 0) is 0 Å². The Kier molecular flexibility index (Phi) is 6.19. The summed E-state index contributed by atoms with van der Waals surface area (Å²) in [7, 11) is 1.53. The van der Waals surface area contributed by atoms with Crippen molar-refractivity contribution in [1.82, 2.24) is 20.3 Å². The van der Waals surface area contributed by atoms with Crippen LogP contribution in [0.1, 0.15) is 0 Å². The van der Waals surface area contributed by atoms with E-state index in [4.69, 9.17) is 0 Å². The Morgan fingerprint density at radius 3 is 2.67 bits per heavy atom. The van der Waals surface area contributed by atoms with Crippen molar-refractivity contribution < 1.29 is 4.79 Å². The van der Waals surface area contributed by atoms with Crippen molar-refractivity contribution >= 4 is 44.2 Å². The Hall–Kier alpha value is -2.73. The van der Waals surface area contributed by atoms with E-state index in [0.717, 1.165) is 16.5 Å². The average molecular weight is 379 g/mol. The fraction of sp³-hybridized carbons (Fsp3) is 0.222. The van der Waals surface area contributed by atoms with Gasteiger partial charge in [-0.2, -0.15) is 4.98 Å². The number of rotatable bonds is 6. The van der Waals surface area contributed by atoms with E-state index in [-0.39, 0.29) is 14.0 Å². The van der Waals surface area contributed by atoms with Crippen LogP contribution in [0.4, 0.5) is 16.6 Å². The van der Waals surface area contributed by atoms with Crippen molar-refractivity contribution in [3.8, 4) is 11.1 Å². The molecular formula is C18H21BN6OP. The molecule has 2 aromatic heterocycles. The summed E-state index contributed by atoms with van der Waals surface area (Å²) in [5.41, 5.74) is 2.29. The third-order valence-electron chi connectivity index (χ3n) is 3.71. The van der Waals surface area contributed by atoms with Crippen LogP contribution in [-0.4, -0.2) is 48.0 Å². The van der Waals surface area contributed by atoms with Crippen LogP contribution in [0, 0.1) is 0 Å². The minimum atomic E-state index is -0.274. The molecule has 27 heavy (non-hydrogen) atoms. The third kappa shape index (κ3) is 4.92. The molecule has 0 fully saturated rings. The molecule has 9 heteroatoms. The number of pyridine rings is 1. The number of fused-ring (bicyclic) bond motifs is 1. The van der Waals surface area contributed by atoms with Crippen molar-refractivity contribution in [2.75, 3.05) is 30.2 Å². The number of carbonyl (C=O) groups excluding carboxylic acids is 1. The van der Waals surface area contributed by atoms with Crippen molar-refractivity contribution in [2.24, 2.45) is 0 Å². The Morgan fingerprint density at radius 2 is 1.96 bits per heavy atom. The van der Waals surface area contributed by atoms with Gasteiger partial charge in [-0.3, -0.25) is 5.32 Å². The second kappa shape index (κ2) is 8.78. The van der Waals surface area contributed by atoms with Crippen LogP contribution in [0.5, 0.6) is 0 Å². The van der Waals surface area contributed by atoms with E-state index in [0.29, 0.717) is 23.7 Å². The molecule has 1 radical (unpaired) electrons. The van der Waals surface area contributed by atoms with Crippen LogP contribution in [0.25, 0.3) is 22.2 Å². The van der Waals surface area contributed by atoms with E-state index in [1.807, 2.05) is 43.2 Å². The number of hydrogen-bond acceptors (Lipinski definition) is 5. The molecule has 1 aromatic carbocycles. The maximum atomic E-state index is 12.3. The number of urea groups is 1. The smallest absolute Gasteiger partial charge is 0.320 e. The molecule has 0 spiro atoms. The van der Waals surface area contributed by atoms with E-state index in [1.54, 1.807) is 13.6 Å². The number of hydrogen-bond donors (Lipinski definition) is 3. The molecule has 137 valence electrons. The first kappa shape index (κ1) is 19.0. The first-order valence-corrected chi connectivity index (χ1v) is 11.0. The van der Waals surface area contributed by atoms with Gasteiger partial charge in [0, 0.05) is 23.4 Å². The summed E-state index contributed by atoms with van der Waals surface area (Å²) in [5, 5.41) is 9.50. The highest BCUT2D eigenvalue weighted by Crippen LogP contribution is 2.29. The minimum absolute atomic E-state index is 0.221. The summed E-state index contributed by atoms with van der Waals surface area (Å²) in [6.45, 7) is 6.07. The molecule has 0 aliphatic carbocycles. The summed E-state index contributed by atoms with van der Waals surface area (Å²) in [6, 6.07) is 11.5. The first-order chi connectivity index (χ1) is 13.1. The quantitative estimate of drug-likeness (QED) is 0.450. The molecule has 2 heterocycles. The molecule has 3 N–H and O–H groups in total. The standard InChI is InChI=1S/C18H21BN6OP/c1-19-25-17-20-10-13-9-14(12-7-5-4-6-8-12)16(22-15(13)23-17)24-18(26)21-11-27(2)3/h4-10H,11H2,1-3H3,(H3,20,21,22,23,24,25,26). The molecule has 3 aromatic rings.